The number of hydrogen-bond acceptors (Lipinski definition) is 9. The zero-order valence-electron chi connectivity index (χ0n) is 69.6. The van der Waals surface area contributed by atoms with E-state index < -0.39 is 0 Å². The lowest BCUT2D eigenvalue weighted by Gasteiger charge is -2.32. The summed E-state index contributed by atoms with van der Waals surface area (Å²) in [7, 11) is 0. The molecule has 12 heteroatoms. The van der Waals surface area contributed by atoms with Crippen LogP contribution in [-0.2, 0) is 0 Å². The van der Waals surface area contributed by atoms with Gasteiger partial charge in [-0.2, -0.15) is 0 Å². The monoisotopic (exact) mass is 1700 g/mol. The highest BCUT2D eigenvalue weighted by molar-refractivity contribution is 7.27. The second-order valence-corrected chi connectivity index (χ2v) is 35.9. The predicted molar refractivity (Wildman–Crippen MR) is 546 cm³/mol. The summed E-state index contributed by atoms with van der Waals surface area (Å²) in [5.41, 5.74) is 23.3. The van der Waals surface area contributed by atoms with Crippen molar-refractivity contribution < 1.29 is 0 Å². The number of allylic oxidation sites excluding steroid dienone is 2. The van der Waals surface area contributed by atoms with Crippen LogP contribution in [0, 0.1) is 0 Å². The highest BCUT2D eigenvalue weighted by atomic mass is 32.1. The van der Waals surface area contributed by atoms with Crippen LogP contribution in [0.25, 0.3) is 216 Å². The van der Waals surface area contributed by atoms with Crippen molar-refractivity contribution in [3.05, 3.63) is 455 Å². The van der Waals surface area contributed by atoms with Crippen molar-refractivity contribution in [2.24, 2.45) is 0 Å². The summed E-state index contributed by atoms with van der Waals surface area (Å²) in [4.78, 5) is 25.1. The first-order valence-electron chi connectivity index (χ1n) is 43.5. The van der Waals surface area contributed by atoms with E-state index in [1.807, 2.05) is 94.7 Å². The Morgan fingerprint density at radius 1 is 0.233 bits per heavy atom. The van der Waals surface area contributed by atoms with E-state index in [1.54, 1.807) is 0 Å². The molecule has 2 aliphatic heterocycles. The molecule has 0 radical (unpaired) electrons. The average molecular weight is 1700 g/mol. The fraction of sp³-hybridized carbons (Fsp3) is 0.00855. The number of benzene rings is 17. The zero-order valence-corrected chi connectivity index (χ0v) is 72.0. The van der Waals surface area contributed by atoms with E-state index in [0.717, 1.165) is 67.4 Å². The third-order valence-electron chi connectivity index (χ3n) is 25.2. The fourth-order valence-electron chi connectivity index (χ4n) is 19.3. The van der Waals surface area contributed by atoms with Crippen LogP contribution < -0.4 is 4.90 Å². The Hall–Kier alpha value is -16.2. The fourth-order valence-corrected chi connectivity index (χ4v) is 23.1. The molecule has 17 aromatic carbocycles. The Morgan fingerprint density at radius 3 is 1.08 bits per heavy atom. The molecule has 129 heavy (non-hydrogen) atoms. The van der Waals surface area contributed by atoms with Gasteiger partial charge in [0.1, 0.15) is 12.0 Å². The molecule has 25 aromatic rings. The van der Waals surface area contributed by atoms with Gasteiger partial charge in [0.2, 0.25) is 0 Å². The van der Waals surface area contributed by atoms with Crippen molar-refractivity contribution in [2.45, 2.75) is 6.17 Å². The number of nitrogens with zero attached hydrogens (tertiary/aromatic N) is 9. The number of aromatic nitrogens is 7. The minimum absolute atomic E-state index is 0.137. The van der Waals surface area contributed by atoms with Gasteiger partial charge in [-0.1, -0.05) is 309 Å². The molecule has 0 aliphatic carbocycles. The Kier molecular flexibility index (Phi) is 18.4. The van der Waals surface area contributed by atoms with Gasteiger partial charge in [-0.15, -0.1) is 34.0 Å². The van der Waals surface area contributed by atoms with E-state index in [1.165, 1.54) is 149 Å². The Bertz CT molecular complexity index is 8680. The smallest absolute Gasteiger partial charge is 0.162 e. The number of anilines is 1. The van der Waals surface area contributed by atoms with Crippen LogP contribution >= 0.6 is 34.0 Å². The second-order valence-electron chi connectivity index (χ2n) is 32.7. The molecular weight excluding hydrogens is 1630 g/mol. The average Bonchev–Trinajstić information content (AvgIpc) is 1.57. The molecule has 8 aromatic heterocycles. The molecule has 27 rings (SSSR count). The molecule has 0 spiro atoms. The maximum atomic E-state index is 5.25. The summed E-state index contributed by atoms with van der Waals surface area (Å²) < 4.78 is 15.1. The molecule has 2 aliphatic rings. The summed E-state index contributed by atoms with van der Waals surface area (Å²) in [6.45, 7) is 0. The molecular formula is C117H75N9S3. The first-order valence-corrected chi connectivity index (χ1v) is 45.9. The van der Waals surface area contributed by atoms with Gasteiger partial charge in [0.25, 0.3) is 0 Å². The molecule has 606 valence electrons. The Labute approximate surface area is 754 Å². The van der Waals surface area contributed by atoms with Crippen molar-refractivity contribution in [2.75, 3.05) is 4.90 Å². The van der Waals surface area contributed by atoms with E-state index in [2.05, 4.69) is 412 Å². The molecule has 10 heterocycles. The lowest BCUT2D eigenvalue weighted by atomic mass is 10.0. The molecule has 1 unspecified atom stereocenters. The number of thiophene rings is 3. The summed E-state index contributed by atoms with van der Waals surface area (Å²) in [5, 5.41) is 15.6. The van der Waals surface area contributed by atoms with Gasteiger partial charge in [-0.3, -0.25) is 4.57 Å². The third-order valence-corrected chi connectivity index (χ3v) is 28.9. The second kappa shape index (κ2) is 31.5. The van der Waals surface area contributed by atoms with Crippen LogP contribution in [0.2, 0.25) is 0 Å². The van der Waals surface area contributed by atoms with Gasteiger partial charge in [0.05, 0.1) is 55.9 Å². The van der Waals surface area contributed by atoms with Crippen molar-refractivity contribution in [3.63, 3.8) is 0 Å². The summed E-state index contributed by atoms with van der Waals surface area (Å²) in [6, 6.07) is 149. The van der Waals surface area contributed by atoms with Crippen molar-refractivity contribution >= 4 is 171 Å². The van der Waals surface area contributed by atoms with Crippen molar-refractivity contribution in [1.29, 1.82) is 0 Å². The quantitative estimate of drug-likeness (QED) is 0.128. The van der Waals surface area contributed by atoms with Gasteiger partial charge in [0, 0.05) is 156 Å². The molecule has 0 N–H and O–H groups in total. The van der Waals surface area contributed by atoms with Crippen LogP contribution in [0.4, 0.5) is 5.69 Å². The normalized spacial score (nSPS) is 13.1. The van der Waals surface area contributed by atoms with Gasteiger partial charge < -0.3 is 18.9 Å². The van der Waals surface area contributed by atoms with Gasteiger partial charge in [-0.25, -0.2) is 19.9 Å². The number of fused-ring (bicyclic) bond motifs is 22. The van der Waals surface area contributed by atoms with E-state index in [4.69, 9.17) is 19.9 Å². The zero-order chi connectivity index (χ0) is 85.0. The Balaban J connectivity index is 0.000000105. The van der Waals surface area contributed by atoms with Gasteiger partial charge in [0.15, 0.2) is 11.6 Å². The molecule has 9 nitrogen and oxygen atoms in total. The van der Waals surface area contributed by atoms with E-state index in [9.17, 15) is 0 Å². The lowest BCUT2D eigenvalue weighted by molar-refractivity contribution is 0.455. The van der Waals surface area contributed by atoms with Crippen LogP contribution in [0.5, 0.6) is 0 Å². The van der Waals surface area contributed by atoms with Gasteiger partial charge in [-0.05, 0) is 138 Å². The van der Waals surface area contributed by atoms with Crippen LogP contribution in [-0.4, -0.2) is 44.7 Å². The topological polar surface area (TPSA) is 72.8 Å². The maximum absolute atomic E-state index is 5.25. The summed E-state index contributed by atoms with van der Waals surface area (Å²) >= 11 is 5.65. The first kappa shape index (κ1) is 75.3. The van der Waals surface area contributed by atoms with Gasteiger partial charge >= 0.3 is 0 Å². The number of hydrogen-bond donors (Lipinski definition) is 0. The highest BCUT2D eigenvalue weighted by Gasteiger charge is 2.33. The predicted octanol–water partition coefficient (Wildman–Crippen LogP) is 31.6. The molecule has 0 saturated carbocycles. The number of rotatable bonds is 11. The minimum Gasteiger partial charge on any atom is -0.328 e. The van der Waals surface area contributed by atoms with E-state index in [-0.39, 0.29) is 6.17 Å². The minimum atomic E-state index is 0.137. The van der Waals surface area contributed by atoms with E-state index in [0.29, 0.717) is 11.6 Å². The van der Waals surface area contributed by atoms with Crippen molar-refractivity contribution in [3.8, 4) is 84.9 Å². The SMILES string of the molecule is C1=CC2N(C=C1)C=C(c1ccc(-n3c4ccccc4c4c5sc6ccccc6c5ccc43)cc1)N2c1ccccc1.c1ccc(-c2cc(-c3ccccc3)nc(-c3ccc(-n4c5ccccc5c5c6sc7ccccc7c6ccc54)cc3)n2)cc1.c1ccc(-c2ccc3c4c5sc6ccccc6c5ccc4n(-c4cc(-c5ccccc5)nc(-c5ccccc5)n4)c3c2)cc1. The molecule has 0 saturated heterocycles. The standard InChI is InChI=1S/2C40H25N3S.C37H25N3S/c1-4-12-26(13-5-1)29-20-21-32-35(24-29)43(34-23-22-31-30-18-10-11-19-36(30)44-39(31)38(32)34)37-25-33(27-14-6-2-7-15-27)41-40(42-37)28-16-8-3-9-17-28;1-3-11-26(12-4-1)33-25-34(27-13-5-2-6-14-27)42-40(41-33)28-19-21-29(22-20-28)43-35-17-9-7-16-32(35)38-36(43)24-23-31-30-15-8-10-18-37(30)44-39(31)38;1-2-10-26(11-3-1)40-33(24-38-23-9-8-16-35(38)40)25-17-19-27(20-18-25)39-31-14-6-4-13-30(31)36-32(39)22-21-29-28-12-5-7-15-34(28)41-37(29)36/h2*1-25H;1-24,35H. The molecule has 0 bridgehead atoms. The Morgan fingerprint density at radius 2 is 0.597 bits per heavy atom. The van der Waals surface area contributed by atoms with E-state index >= 15 is 0 Å². The third kappa shape index (κ3) is 13.0. The molecule has 0 fully saturated rings. The maximum Gasteiger partial charge on any atom is 0.162 e. The molecule has 0 amide bonds. The van der Waals surface area contributed by atoms with Crippen molar-refractivity contribution in [1.82, 2.24) is 38.5 Å². The molecule has 1 atom stereocenters. The van der Waals surface area contributed by atoms with Crippen LogP contribution in [0.15, 0.2) is 449 Å². The lowest BCUT2D eigenvalue weighted by Crippen LogP contribution is -2.36. The number of para-hydroxylation sites is 3. The largest absolute Gasteiger partial charge is 0.328 e. The first-order chi connectivity index (χ1) is 64.0. The van der Waals surface area contributed by atoms with Crippen LogP contribution in [0.1, 0.15) is 5.56 Å². The van der Waals surface area contributed by atoms with Crippen LogP contribution in [0.3, 0.4) is 0 Å². The summed E-state index contributed by atoms with van der Waals surface area (Å²) in [6.07, 6.45) is 11.0. The summed E-state index contributed by atoms with van der Waals surface area (Å²) in [5.74, 6) is 2.27. The highest BCUT2D eigenvalue weighted by Crippen LogP contribution is 2.49.